The average molecular weight is 305 g/mol. The first kappa shape index (κ1) is 16.4. The van der Waals surface area contributed by atoms with Crippen molar-refractivity contribution < 1.29 is 4.79 Å². The molecule has 0 N–H and O–H groups in total. The molecule has 0 aromatic heterocycles. The fourth-order valence-electron chi connectivity index (χ4n) is 3.19. The molecule has 1 aliphatic rings. The largest absolute Gasteiger partial charge is 0.342 e. The van der Waals surface area contributed by atoms with Gasteiger partial charge in [-0.05, 0) is 31.2 Å². The van der Waals surface area contributed by atoms with Crippen LogP contribution in [0.1, 0.15) is 45.1 Å². The number of thioether (sulfide) groups is 1. The van der Waals surface area contributed by atoms with E-state index in [1.54, 1.807) is 11.8 Å². The molecule has 1 saturated carbocycles. The first-order chi connectivity index (χ1) is 10.1. The van der Waals surface area contributed by atoms with E-state index in [0.717, 1.165) is 5.75 Å². The third-order valence-electron chi connectivity index (χ3n) is 4.60. The van der Waals surface area contributed by atoms with E-state index in [1.165, 1.54) is 31.2 Å². The van der Waals surface area contributed by atoms with Gasteiger partial charge in [0.1, 0.15) is 0 Å². The number of carbonyl (C=O) groups is 1. The van der Waals surface area contributed by atoms with E-state index in [2.05, 4.69) is 31.2 Å². The summed E-state index contributed by atoms with van der Waals surface area (Å²) in [7, 11) is 1.99. The van der Waals surface area contributed by atoms with Gasteiger partial charge in [-0.25, -0.2) is 0 Å². The number of benzene rings is 1. The maximum atomic E-state index is 12.6. The van der Waals surface area contributed by atoms with Crippen LogP contribution < -0.4 is 0 Å². The van der Waals surface area contributed by atoms with Gasteiger partial charge in [0, 0.05) is 18.8 Å². The van der Waals surface area contributed by atoms with Crippen LogP contribution in [0, 0.1) is 5.92 Å². The van der Waals surface area contributed by atoms with Crippen molar-refractivity contribution in [2.75, 3.05) is 7.05 Å². The van der Waals surface area contributed by atoms with Gasteiger partial charge in [0.15, 0.2) is 0 Å². The lowest BCUT2D eigenvalue weighted by Gasteiger charge is -2.37. The summed E-state index contributed by atoms with van der Waals surface area (Å²) in [5.41, 5.74) is 1.29. The molecule has 1 fully saturated rings. The smallest absolute Gasteiger partial charge is 0.235 e. The normalized spacial score (nSPS) is 23.6. The Hall–Kier alpha value is -0.960. The molecule has 0 aliphatic heterocycles. The van der Waals surface area contributed by atoms with Gasteiger partial charge in [-0.15, -0.1) is 11.8 Å². The van der Waals surface area contributed by atoms with Gasteiger partial charge in [-0.1, -0.05) is 50.1 Å². The summed E-state index contributed by atoms with van der Waals surface area (Å²) >= 11 is 1.74. The minimum atomic E-state index is 0.0318. The van der Waals surface area contributed by atoms with Crippen LogP contribution in [0.2, 0.25) is 0 Å². The van der Waals surface area contributed by atoms with Crippen LogP contribution in [0.4, 0.5) is 0 Å². The van der Waals surface area contributed by atoms with E-state index in [4.69, 9.17) is 0 Å². The van der Waals surface area contributed by atoms with Crippen molar-refractivity contribution >= 4 is 17.7 Å². The van der Waals surface area contributed by atoms with Crippen LogP contribution in [0.5, 0.6) is 0 Å². The summed E-state index contributed by atoms with van der Waals surface area (Å²) < 4.78 is 0. The number of hydrogen-bond donors (Lipinski definition) is 0. The Bertz CT molecular complexity index is 448. The molecule has 0 radical (unpaired) electrons. The Morgan fingerprint density at radius 2 is 1.95 bits per heavy atom. The fraction of sp³-hybridized carbons (Fsp3) is 0.611. The topological polar surface area (TPSA) is 20.3 Å². The summed E-state index contributed by atoms with van der Waals surface area (Å²) in [5, 5.41) is 0.0318. The highest BCUT2D eigenvalue weighted by Gasteiger charge is 2.29. The molecular formula is C18H27NOS. The fourth-order valence-corrected chi connectivity index (χ4v) is 4.13. The predicted molar refractivity (Wildman–Crippen MR) is 91.4 cm³/mol. The summed E-state index contributed by atoms with van der Waals surface area (Å²) in [5.74, 6) is 1.83. The van der Waals surface area contributed by atoms with Crippen molar-refractivity contribution in [3.63, 3.8) is 0 Å². The lowest BCUT2D eigenvalue weighted by Crippen LogP contribution is -2.45. The lowest BCUT2D eigenvalue weighted by atomic mass is 9.85. The number of carbonyl (C=O) groups excluding carboxylic acids is 1. The second kappa shape index (κ2) is 7.88. The van der Waals surface area contributed by atoms with Gasteiger partial charge in [-0.2, -0.15) is 0 Å². The molecule has 1 aliphatic carbocycles. The zero-order valence-electron chi connectivity index (χ0n) is 13.4. The van der Waals surface area contributed by atoms with Crippen molar-refractivity contribution in [3.8, 4) is 0 Å². The molecular weight excluding hydrogens is 278 g/mol. The molecule has 2 nitrogen and oxygen atoms in total. The van der Waals surface area contributed by atoms with E-state index < -0.39 is 0 Å². The second-order valence-electron chi connectivity index (χ2n) is 6.22. The SMILES string of the molecule is CC(SCc1ccccc1)C(=O)N(C)C1CCCCC1C. The second-order valence-corrected chi connectivity index (χ2v) is 7.55. The summed E-state index contributed by atoms with van der Waals surface area (Å²) in [6.07, 6.45) is 5.00. The lowest BCUT2D eigenvalue weighted by molar-refractivity contribution is -0.132. The van der Waals surface area contributed by atoms with Crippen molar-refractivity contribution in [2.45, 2.75) is 56.6 Å². The summed E-state index contributed by atoms with van der Waals surface area (Å²) in [4.78, 5) is 14.6. The van der Waals surface area contributed by atoms with Crippen molar-refractivity contribution in [1.82, 2.24) is 4.90 Å². The first-order valence-electron chi connectivity index (χ1n) is 8.01. The number of rotatable bonds is 5. The number of amides is 1. The van der Waals surface area contributed by atoms with Gasteiger partial charge < -0.3 is 4.90 Å². The monoisotopic (exact) mass is 305 g/mol. The van der Waals surface area contributed by atoms with Crippen LogP contribution in [-0.4, -0.2) is 29.1 Å². The summed E-state index contributed by atoms with van der Waals surface area (Å²) in [6, 6.07) is 10.8. The molecule has 0 spiro atoms. The molecule has 0 bridgehead atoms. The van der Waals surface area contributed by atoms with Gasteiger partial charge in [0.25, 0.3) is 0 Å². The average Bonchev–Trinajstić information content (AvgIpc) is 2.52. The molecule has 2 rings (SSSR count). The van der Waals surface area contributed by atoms with Crippen molar-refractivity contribution in [2.24, 2.45) is 5.92 Å². The summed E-state index contributed by atoms with van der Waals surface area (Å²) in [6.45, 7) is 4.33. The molecule has 0 saturated heterocycles. The standard InChI is InChI=1S/C18H27NOS/c1-14-9-7-8-12-17(14)19(3)18(20)15(2)21-13-16-10-5-4-6-11-16/h4-6,10-11,14-15,17H,7-9,12-13H2,1-3H3. The van der Waals surface area contributed by atoms with Crippen LogP contribution in [0.25, 0.3) is 0 Å². The number of nitrogens with zero attached hydrogens (tertiary/aromatic N) is 1. The third-order valence-corrected chi connectivity index (χ3v) is 5.80. The zero-order chi connectivity index (χ0) is 15.2. The van der Waals surface area contributed by atoms with Gasteiger partial charge >= 0.3 is 0 Å². The maximum absolute atomic E-state index is 12.6. The third kappa shape index (κ3) is 4.50. The Morgan fingerprint density at radius 3 is 2.62 bits per heavy atom. The van der Waals surface area contributed by atoms with E-state index in [-0.39, 0.29) is 11.2 Å². The molecule has 0 heterocycles. The zero-order valence-corrected chi connectivity index (χ0v) is 14.2. The Labute approximate surface area is 133 Å². The molecule has 1 aromatic rings. The Kier molecular flexibility index (Phi) is 6.16. The minimum Gasteiger partial charge on any atom is -0.342 e. The van der Waals surface area contributed by atoms with Gasteiger partial charge in [0.05, 0.1) is 5.25 Å². The molecule has 3 heteroatoms. The highest BCUT2D eigenvalue weighted by molar-refractivity contribution is 7.99. The molecule has 3 atom stereocenters. The van der Waals surface area contributed by atoms with E-state index in [9.17, 15) is 4.79 Å². The van der Waals surface area contributed by atoms with Crippen LogP contribution >= 0.6 is 11.8 Å². The first-order valence-corrected chi connectivity index (χ1v) is 9.06. The van der Waals surface area contributed by atoms with Crippen molar-refractivity contribution in [1.29, 1.82) is 0 Å². The van der Waals surface area contributed by atoms with Crippen LogP contribution in [0.3, 0.4) is 0 Å². The van der Waals surface area contributed by atoms with Gasteiger partial charge in [-0.3, -0.25) is 4.79 Å². The van der Waals surface area contributed by atoms with E-state index >= 15 is 0 Å². The van der Waals surface area contributed by atoms with Crippen molar-refractivity contribution in [3.05, 3.63) is 35.9 Å². The van der Waals surface area contributed by atoms with Crippen LogP contribution in [0.15, 0.2) is 30.3 Å². The van der Waals surface area contributed by atoms with Crippen LogP contribution in [-0.2, 0) is 10.5 Å². The van der Waals surface area contributed by atoms with E-state index in [0.29, 0.717) is 12.0 Å². The molecule has 1 aromatic carbocycles. The van der Waals surface area contributed by atoms with Gasteiger partial charge in [0.2, 0.25) is 5.91 Å². The number of hydrogen-bond acceptors (Lipinski definition) is 2. The Morgan fingerprint density at radius 1 is 1.29 bits per heavy atom. The van der Waals surface area contributed by atoms with E-state index in [1.807, 2.05) is 24.9 Å². The molecule has 116 valence electrons. The predicted octanol–water partition coefficient (Wildman–Crippen LogP) is 4.35. The molecule has 21 heavy (non-hydrogen) atoms. The molecule has 1 amide bonds. The maximum Gasteiger partial charge on any atom is 0.235 e. The Balaban J connectivity index is 1.86. The minimum absolute atomic E-state index is 0.0318. The highest BCUT2D eigenvalue weighted by atomic mass is 32.2. The quantitative estimate of drug-likeness (QED) is 0.806. The highest BCUT2D eigenvalue weighted by Crippen LogP contribution is 2.29. The molecule has 3 unspecified atom stereocenters.